The molecule has 2 aliphatic rings. The highest BCUT2D eigenvalue weighted by molar-refractivity contribution is 5.98. The number of nitrogens with zero attached hydrogens (tertiary/aromatic N) is 1. The number of hydrogen-bond donors (Lipinski definition) is 0. The van der Waals surface area contributed by atoms with E-state index in [1.165, 1.54) is 6.07 Å². The van der Waals surface area contributed by atoms with Crippen molar-refractivity contribution in [2.75, 3.05) is 7.05 Å². The maximum absolute atomic E-state index is 13.7. The Hall–Kier alpha value is -1.29. The number of benzene rings is 1. The average molecular weight is 265 g/mol. The molecule has 2 heterocycles. The van der Waals surface area contributed by atoms with Gasteiger partial charge in [0, 0.05) is 18.0 Å². The predicted octanol–water partition coefficient (Wildman–Crippen LogP) is 3.02. The zero-order valence-corrected chi connectivity index (χ0v) is 10.9. The number of rotatable bonds is 2. The Balaban J connectivity index is 1.86. The Morgan fingerprint density at radius 3 is 2.21 bits per heavy atom. The zero-order chi connectivity index (χ0) is 13.6. The van der Waals surface area contributed by atoms with Crippen LogP contribution in [0.2, 0.25) is 0 Å². The van der Waals surface area contributed by atoms with Crippen LogP contribution in [0.25, 0.3) is 0 Å². The van der Waals surface area contributed by atoms with Crippen molar-refractivity contribution in [2.24, 2.45) is 5.92 Å². The lowest BCUT2D eigenvalue weighted by Crippen LogP contribution is -2.42. The molecule has 4 heteroatoms. The van der Waals surface area contributed by atoms with Gasteiger partial charge in [-0.3, -0.25) is 4.79 Å². The smallest absolute Gasteiger partial charge is 0.171 e. The van der Waals surface area contributed by atoms with E-state index >= 15 is 0 Å². The molecule has 2 aliphatic heterocycles. The third kappa shape index (κ3) is 2.08. The van der Waals surface area contributed by atoms with Gasteiger partial charge in [-0.2, -0.15) is 0 Å². The number of carbonyl (C=O) groups excluding carboxylic acids is 1. The van der Waals surface area contributed by atoms with Crippen LogP contribution < -0.4 is 0 Å². The van der Waals surface area contributed by atoms with Crippen molar-refractivity contribution in [3.8, 4) is 0 Å². The van der Waals surface area contributed by atoms with Gasteiger partial charge < -0.3 is 4.90 Å². The van der Waals surface area contributed by atoms with E-state index in [-0.39, 0.29) is 17.3 Å². The Morgan fingerprint density at radius 1 is 1.16 bits per heavy atom. The number of fused-ring (bicyclic) bond motifs is 2. The second-order valence-corrected chi connectivity index (χ2v) is 5.68. The number of ketones is 1. The van der Waals surface area contributed by atoms with E-state index in [2.05, 4.69) is 11.9 Å². The quantitative estimate of drug-likeness (QED) is 0.766. The van der Waals surface area contributed by atoms with Crippen LogP contribution in [0.5, 0.6) is 0 Å². The van der Waals surface area contributed by atoms with Gasteiger partial charge in [0.25, 0.3) is 0 Å². The van der Waals surface area contributed by atoms with Gasteiger partial charge in [0.2, 0.25) is 0 Å². The summed E-state index contributed by atoms with van der Waals surface area (Å²) in [5.74, 6) is -2.08. The van der Waals surface area contributed by atoms with Gasteiger partial charge in [-0.25, -0.2) is 8.78 Å². The SMILES string of the molecule is CN1C2CCC1CC(C(=O)c1c(F)cccc1F)C2. The molecule has 19 heavy (non-hydrogen) atoms. The number of halogens is 2. The van der Waals surface area contributed by atoms with Crippen LogP contribution in [0.3, 0.4) is 0 Å². The summed E-state index contributed by atoms with van der Waals surface area (Å²) in [6.45, 7) is 0. The molecule has 0 saturated carbocycles. The molecule has 102 valence electrons. The van der Waals surface area contributed by atoms with E-state index < -0.39 is 11.6 Å². The molecule has 0 radical (unpaired) electrons. The van der Waals surface area contributed by atoms with Gasteiger partial charge in [0.1, 0.15) is 11.6 Å². The van der Waals surface area contributed by atoms with Crippen molar-refractivity contribution >= 4 is 5.78 Å². The van der Waals surface area contributed by atoms with Gasteiger partial charge in [-0.1, -0.05) is 6.07 Å². The molecule has 2 fully saturated rings. The van der Waals surface area contributed by atoms with Crippen LogP contribution in [-0.2, 0) is 0 Å². The van der Waals surface area contributed by atoms with Crippen LogP contribution in [0.4, 0.5) is 8.78 Å². The molecule has 0 N–H and O–H groups in total. The van der Waals surface area contributed by atoms with Crippen molar-refractivity contribution in [1.82, 2.24) is 4.90 Å². The van der Waals surface area contributed by atoms with Crippen LogP contribution in [-0.4, -0.2) is 29.8 Å². The van der Waals surface area contributed by atoms with E-state index in [4.69, 9.17) is 0 Å². The van der Waals surface area contributed by atoms with Gasteiger partial charge in [0.15, 0.2) is 5.78 Å². The fourth-order valence-corrected chi connectivity index (χ4v) is 3.56. The van der Waals surface area contributed by atoms with E-state index in [0.717, 1.165) is 37.8 Å². The highest BCUT2D eigenvalue weighted by atomic mass is 19.1. The summed E-state index contributed by atoms with van der Waals surface area (Å²) in [5, 5.41) is 0. The first-order valence-electron chi connectivity index (χ1n) is 6.78. The van der Waals surface area contributed by atoms with Gasteiger partial charge in [-0.05, 0) is 44.9 Å². The molecule has 0 aromatic heterocycles. The molecule has 3 rings (SSSR count). The highest BCUT2D eigenvalue weighted by Gasteiger charge is 2.41. The minimum Gasteiger partial charge on any atom is -0.300 e. The summed E-state index contributed by atoms with van der Waals surface area (Å²) in [4.78, 5) is 14.7. The van der Waals surface area contributed by atoms with Gasteiger partial charge >= 0.3 is 0 Å². The lowest BCUT2D eigenvalue weighted by Gasteiger charge is -2.35. The summed E-state index contributed by atoms with van der Waals surface area (Å²) < 4.78 is 27.3. The second-order valence-electron chi connectivity index (χ2n) is 5.68. The molecule has 2 atom stereocenters. The fraction of sp³-hybridized carbons (Fsp3) is 0.533. The number of hydrogen-bond acceptors (Lipinski definition) is 2. The van der Waals surface area contributed by atoms with Crippen LogP contribution in [0.1, 0.15) is 36.0 Å². The largest absolute Gasteiger partial charge is 0.300 e. The Bertz CT molecular complexity index is 483. The highest BCUT2D eigenvalue weighted by Crippen LogP contribution is 2.39. The van der Waals surface area contributed by atoms with E-state index in [1.54, 1.807) is 0 Å². The lowest BCUT2D eigenvalue weighted by atomic mass is 9.84. The minimum atomic E-state index is -0.740. The standard InChI is InChI=1S/C15H17F2NO/c1-18-10-5-6-11(18)8-9(7-10)15(19)14-12(16)3-2-4-13(14)17/h2-4,9-11H,5-8H2,1H3. The summed E-state index contributed by atoms with van der Waals surface area (Å²) in [6.07, 6.45) is 3.62. The molecule has 2 bridgehead atoms. The Labute approximate surface area is 111 Å². The van der Waals surface area contributed by atoms with Crippen molar-refractivity contribution in [3.05, 3.63) is 35.4 Å². The van der Waals surface area contributed by atoms with Crippen molar-refractivity contribution in [1.29, 1.82) is 0 Å². The molecule has 0 spiro atoms. The average Bonchev–Trinajstić information content (AvgIpc) is 2.62. The third-order valence-electron chi connectivity index (χ3n) is 4.68. The van der Waals surface area contributed by atoms with E-state index in [0.29, 0.717) is 12.1 Å². The zero-order valence-electron chi connectivity index (χ0n) is 10.9. The van der Waals surface area contributed by atoms with Crippen molar-refractivity contribution < 1.29 is 13.6 Å². The fourth-order valence-electron chi connectivity index (χ4n) is 3.56. The molecule has 2 unspecified atom stereocenters. The maximum Gasteiger partial charge on any atom is 0.171 e. The Kier molecular flexibility index (Phi) is 3.13. The molecule has 2 nitrogen and oxygen atoms in total. The normalized spacial score (nSPS) is 30.6. The summed E-state index contributed by atoms with van der Waals surface area (Å²) in [7, 11) is 2.08. The van der Waals surface area contributed by atoms with Crippen molar-refractivity contribution in [2.45, 2.75) is 37.8 Å². The lowest BCUT2D eigenvalue weighted by molar-refractivity contribution is 0.0758. The molecule has 2 saturated heterocycles. The Morgan fingerprint density at radius 2 is 1.68 bits per heavy atom. The van der Waals surface area contributed by atoms with Crippen molar-refractivity contribution in [3.63, 3.8) is 0 Å². The van der Waals surface area contributed by atoms with Gasteiger partial charge in [0.05, 0.1) is 5.56 Å². The first-order valence-corrected chi connectivity index (χ1v) is 6.78. The summed E-state index contributed by atoms with van der Waals surface area (Å²) in [6, 6.07) is 4.38. The summed E-state index contributed by atoms with van der Waals surface area (Å²) in [5.41, 5.74) is -0.351. The number of Topliss-reactive ketones (excluding diaryl/α,β-unsaturated/α-hetero) is 1. The number of carbonyl (C=O) groups is 1. The molecular weight excluding hydrogens is 248 g/mol. The number of piperidine rings is 1. The molecule has 0 aliphatic carbocycles. The maximum atomic E-state index is 13.7. The van der Waals surface area contributed by atoms with Crippen LogP contribution >= 0.6 is 0 Å². The first-order chi connectivity index (χ1) is 9.08. The molecule has 1 aromatic carbocycles. The van der Waals surface area contributed by atoms with Gasteiger partial charge in [-0.15, -0.1) is 0 Å². The van der Waals surface area contributed by atoms with Crippen LogP contribution in [0.15, 0.2) is 18.2 Å². The van der Waals surface area contributed by atoms with Crippen LogP contribution in [0, 0.1) is 17.6 Å². The molecule has 1 aromatic rings. The monoisotopic (exact) mass is 265 g/mol. The molecular formula is C15H17F2NO. The first kappa shape index (κ1) is 12.7. The predicted molar refractivity (Wildman–Crippen MR) is 68.0 cm³/mol. The topological polar surface area (TPSA) is 20.3 Å². The second kappa shape index (κ2) is 4.67. The van der Waals surface area contributed by atoms with E-state index in [1.807, 2.05) is 0 Å². The third-order valence-corrected chi connectivity index (χ3v) is 4.68. The summed E-state index contributed by atoms with van der Waals surface area (Å²) >= 11 is 0. The van der Waals surface area contributed by atoms with E-state index in [9.17, 15) is 13.6 Å². The minimum absolute atomic E-state index is 0.236. The molecule has 0 amide bonds.